The molecular formula is C13H12N2O4. The zero-order valence-corrected chi connectivity index (χ0v) is 10.5. The van der Waals surface area contributed by atoms with E-state index in [2.05, 4.69) is 4.74 Å². The average molecular weight is 260 g/mol. The molecule has 19 heavy (non-hydrogen) atoms. The molecule has 98 valence electrons. The van der Waals surface area contributed by atoms with Crippen LogP contribution in [0.2, 0.25) is 0 Å². The van der Waals surface area contributed by atoms with E-state index in [1.165, 1.54) is 19.3 Å². The highest BCUT2D eigenvalue weighted by atomic mass is 16.5. The Labute approximate surface area is 110 Å². The predicted octanol–water partition coefficient (Wildman–Crippen LogP) is 1.40. The lowest BCUT2D eigenvalue weighted by Gasteiger charge is -2.21. The highest BCUT2D eigenvalue weighted by molar-refractivity contribution is 5.98. The summed E-state index contributed by atoms with van der Waals surface area (Å²) in [6, 6.07) is 6.62. The molecule has 0 aliphatic rings. The van der Waals surface area contributed by atoms with E-state index >= 15 is 0 Å². The summed E-state index contributed by atoms with van der Waals surface area (Å²) in [6.45, 7) is 1.21. The van der Waals surface area contributed by atoms with E-state index in [9.17, 15) is 9.59 Å². The van der Waals surface area contributed by atoms with Gasteiger partial charge in [0.2, 0.25) is 0 Å². The van der Waals surface area contributed by atoms with Crippen molar-refractivity contribution < 1.29 is 18.7 Å². The molecule has 6 nitrogen and oxygen atoms in total. The molecule has 0 amide bonds. The molecule has 0 aromatic carbocycles. The normalized spacial score (nSPS) is 13.1. The maximum atomic E-state index is 11.7. The Balaban J connectivity index is 3.30. The van der Waals surface area contributed by atoms with Gasteiger partial charge in [0.05, 0.1) is 31.4 Å². The molecule has 0 aliphatic heterocycles. The number of Topliss-reactive ketones (excluding diaryl/α,β-unsaturated/α-hetero) is 1. The Morgan fingerprint density at radius 1 is 1.37 bits per heavy atom. The molecule has 1 aromatic heterocycles. The second-order valence-electron chi connectivity index (χ2n) is 3.89. The second kappa shape index (κ2) is 6.36. The van der Waals surface area contributed by atoms with Crippen LogP contribution < -0.4 is 0 Å². The quantitative estimate of drug-likeness (QED) is 0.585. The molecule has 0 saturated heterocycles. The van der Waals surface area contributed by atoms with Crippen molar-refractivity contribution >= 4 is 11.8 Å². The first-order valence-corrected chi connectivity index (χ1v) is 5.47. The number of methoxy groups -OCH3 is 1. The van der Waals surface area contributed by atoms with E-state index < -0.39 is 29.5 Å². The molecule has 6 heteroatoms. The number of nitrogens with zero attached hydrogens (tertiary/aromatic N) is 2. The van der Waals surface area contributed by atoms with Crippen LogP contribution in [0.4, 0.5) is 0 Å². The van der Waals surface area contributed by atoms with E-state index in [1.54, 1.807) is 18.2 Å². The molecule has 0 fully saturated rings. The number of furan rings is 1. The SMILES string of the molecule is COC(=O)[C@@H](C(C)=O)[C@H](c1ccco1)C(C#N)C#N. The largest absolute Gasteiger partial charge is 0.469 e. The topological polar surface area (TPSA) is 104 Å². The minimum absolute atomic E-state index is 0.235. The van der Waals surface area contributed by atoms with Crippen LogP contribution >= 0.6 is 0 Å². The van der Waals surface area contributed by atoms with Gasteiger partial charge >= 0.3 is 5.97 Å². The van der Waals surface area contributed by atoms with Gasteiger partial charge in [-0.15, -0.1) is 0 Å². The van der Waals surface area contributed by atoms with Crippen LogP contribution in [0.25, 0.3) is 0 Å². The first-order chi connectivity index (χ1) is 9.06. The summed E-state index contributed by atoms with van der Waals surface area (Å²) in [6.07, 6.45) is 1.35. The zero-order chi connectivity index (χ0) is 14.4. The molecule has 0 N–H and O–H groups in total. The van der Waals surface area contributed by atoms with E-state index in [0.717, 1.165) is 7.11 Å². The zero-order valence-electron chi connectivity index (χ0n) is 10.5. The molecule has 0 aliphatic carbocycles. The van der Waals surface area contributed by atoms with Crippen LogP contribution in [0, 0.1) is 34.5 Å². The Kier molecular flexibility index (Phi) is 4.84. The second-order valence-corrected chi connectivity index (χ2v) is 3.89. The van der Waals surface area contributed by atoms with Gasteiger partial charge in [-0.3, -0.25) is 9.59 Å². The summed E-state index contributed by atoms with van der Waals surface area (Å²) < 4.78 is 9.72. The van der Waals surface area contributed by atoms with E-state index in [-0.39, 0.29) is 5.76 Å². The van der Waals surface area contributed by atoms with Crippen molar-refractivity contribution in [3.05, 3.63) is 24.2 Å². The molecule has 1 heterocycles. The maximum Gasteiger partial charge on any atom is 0.317 e. The molecule has 0 spiro atoms. The number of ketones is 1. The summed E-state index contributed by atoms with van der Waals surface area (Å²) in [5.74, 6) is -4.43. The van der Waals surface area contributed by atoms with Crippen LogP contribution in [-0.2, 0) is 14.3 Å². The summed E-state index contributed by atoms with van der Waals surface area (Å²) in [4.78, 5) is 23.4. The fraction of sp³-hybridized carbons (Fsp3) is 0.385. The number of hydrogen-bond acceptors (Lipinski definition) is 6. The first-order valence-electron chi connectivity index (χ1n) is 5.47. The summed E-state index contributed by atoms with van der Waals surface area (Å²) in [7, 11) is 1.14. The van der Waals surface area contributed by atoms with Crippen LogP contribution in [0.3, 0.4) is 0 Å². The number of carbonyl (C=O) groups is 2. The molecule has 0 saturated carbocycles. The van der Waals surface area contributed by atoms with Gasteiger partial charge in [0.25, 0.3) is 0 Å². The van der Waals surface area contributed by atoms with Gasteiger partial charge < -0.3 is 9.15 Å². The van der Waals surface area contributed by atoms with E-state index in [4.69, 9.17) is 14.9 Å². The van der Waals surface area contributed by atoms with Crippen molar-refractivity contribution in [1.82, 2.24) is 0 Å². The van der Waals surface area contributed by atoms with Crippen molar-refractivity contribution in [3.63, 3.8) is 0 Å². The number of rotatable bonds is 5. The lowest BCUT2D eigenvalue weighted by atomic mass is 9.79. The lowest BCUT2D eigenvalue weighted by molar-refractivity contribution is -0.150. The third-order valence-electron chi connectivity index (χ3n) is 2.76. The monoisotopic (exact) mass is 260 g/mol. The maximum absolute atomic E-state index is 11.7. The molecule has 0 unspecified atom stereocenters. The van der Waals surface area contributed by atoms with Crippen molar-refractivity contribution in [2.24, 2.45) is 11.8 Å². The van der Waals surface area contributed by atoms with Gasteiger partial charge in [-0.25, -0.2) is 0 Å². The third kappa shape index (κ3) is 2.99. The fourth-order valence-electron chi connectivity index (χ4n) is 1.88. The highest BCUT2D eigenvalue weighted by Crippen LogP contribution is 2.33. The Morgan fingerprint density at radius 2 is 2.00 bits per heavy atom. The number of hydrogen-bond donors (Lipinski definition) is 0. The highest BCUT2D eigenvalue weighted by Gasteiger charge is 2.41. The molecule has 1 aromatic rings. The Morgan fingerprint density at radius 3 is 2.37 bits per heavy atom. The van der Waals surface area contributed by atoms with Crippen molar-refractivity contribution in [1.29, 1.82) is 10.5 Å². The van der Waals surface area contributed by atoms with Crippen molar-refractivity contribution in [2.45, 2.75) is 12.8 Å². The van der Waals surface area contributed by atoms with Crippen LogP contribution in [0.15, 0.2) is 22.8 Å². The van der Waals surface area contributed by atoms with Crippen LogP contribution in [-0.4, -0.2) is 18.9 Å². The van der Waals surface area contributed by atoms with Crippen LogP contribution in [0.1, 0.15) is 18.6 Å². The van der Waals surface area contributed by atoms with E-state index in [1.807, 2.05) is 0 Å². The van der Waals surface area contributed by atoms with Crippen LogP contribution in [0.5, 0.6) is 0 Å². The third-order valence-corrected chi connectivity index (χ3v) is 2.76. The van der Waals surface area contributed by atoms with Gasteiger partial charge in [-0.05, 0) is 19.1 Å². The minimum atomic E-state index is -1.24. The van der Waals surface area contributed by atoms with Gasteiger partial charge in [0.15, 0.2) is 0 Å². The van der Waals surface area contributed by atoms with Gasteiger partial charge in [0, 0.05) is 0 Å². The predicted molar refractivity (Wildman–Crippen MR) is 62.4 cm³/mol. The first kappa shape index (κ1) is 14.5. The van der Waals surface area contributed by atoms with Crippen molar-refractivity contribution in [3.8, 4) is 12.1 Å². The average Bonchev–Trinajstić information content (AvgIpc) is 2.91. The molecular weight excluding hydrogens is 248 g/mol. The minimum Gasteiger partial charge on any atom is -0.469 e. The molecule has 0 bridgehead atoms. The van der Waals surface area contributed by atoms with Crippen molar-refractivity contribution in [2.75, 3.05) is 7.11 Å². The number of nitriles is 2. The lowest BCUT2D eigenvalue weighted by Crippen LogP contribution is -2.33. The summed E-state index contributed by atoms with van der Waals surface area (Å²) in [5, 5.41) is 18.0. The number of carbonyl (C=O) groups excluding carboxylic acids is 2. The number of esters is 1. The Hall–Kier alpha value is -2.60. The smallest absolute Gasteiger partial charge is 0.317 e. The summed E-state index contributed by atoms with van der Waals surface area (Å²) in [5.41, 5.74) is 0. The van der Waals surface area contributed by atoms with Gasteiger partial charge in [-0.1, -0.05) is 0 Å². The van der Waals surface area contributed by atoms with E-state index in [0.29, 0.717) is 0 Å². The fourth-order valence-corrected chi connectivity index (χ4v) is 1.88. The molecule has 2 atom stereocenters. The standard InChI is InChI=1S/C13H12N2O4/c1-8(16)11(13(17)18-2)12(9(6-14)7-15)10-4-3-5-19-10/h3-5,9,11-12H,1-2H3/t11-,12-/m0/s1. The van der Waals surface area contributed by atoms with Gasteiger partial charge in [-0.2, -0.15) is 10.5 Å². The Bertz CT molecular complexity index is 522. The summed E-state index contributed by atoms with van der Waals surface area (Å²) >= 11 is 0. The molecule has 1 rings (SSSR count). The molecule has 0 radical (unpaired) electrons. The van der Waals surface area contributed by atoms with Gasteiger partial charge in [0.1, 0.15) is 23.4 Å². The number of ether oxygens (including phenoxy) is 1.